The number of piperidine rings is 1. The predicted octanol–water partition coefficient (Wildman–Crippen LogP) is 5.36. The van der Waals surface area contributed by atoms with E-state index in [4.69, 9.17) is 9.47 Å². The summed E-state index contributed by atoms with van der Waals surface area (Å²) in [7, 11) is 1.26. The molecule has 3 heterocycles. The van der Waals surface area contributed by atoms with E-state index in [0.29, 0.717) is 23.6 Å². The number of nitrogens with zero attached hydrogens (tertiary/aromatic N) is 3. The zero-order chi connectivity index (χ0) is 29.1. The second-order valence-corrected chi connectivity index (χ2v) is 13.1. The van der Waals surface area contributed by atoms with Gasteiger partial charge in [-0.2, -0.15) is 0 Å². The maximum atomic E-state index is 14.1. The molecule has 4 atom stereocenters. The van der Waals surface area contributed by atoms with E-state index in [0.717, 1.165) is 18.4 Å². The first-order chi connectivity index (χ1) is 19.6. The Morgan fingerprint density at radius 2 is 1.59 bits per heavy atom. The molecular weight excluding hydrogens is 520 g/mol. The first kappa shape index (κ1) is 29.5. The minimum Gasteiger partial charge on any atom is -0.467 e. The van der Waals surface area contributed by atoms with Crippen molar-refractivity contribution in [3.05, 3.63) is 34.6 Å². The van der Waals surface area contributed by atoms with E-state index < -0.39 is 23.6 Å². The van der Waals surface area contributed by atoms with Crippen LogP contribution in [0.4, 0.5) is 5.82 Å². The molecule has 1 aromatic heterocycles. The lowest BCUT2D eigenvalue weighted by atomic mass is 9.89. The number of fused-ring (bicyclic) bond motifs is 3. The monoisotopic (exact) mass is 566 g/mol. The van der Waals surface area contributed by atoms with Gasteiger partial charge >= 0.3 is 11.9 Å². The average Bonchev–Trinajstić information content (AvgIpc) is 3.15. The lowest BCUT2D eigenvalue weighted by Gasteiger charge is -2.45. The Morgan fingerprint density at radius 1 is 0.951 bits per heavy atom. The number of rotatable bonds is 7. The molecule has 1 saturated carbocycles. The fourth-order valence-electron chi connectivity index (χ4n) is 7.39. The summed E-state index contributed by atoms with van der Waals surface area (Å²) in [6, 6.07) is 8.23. The third kappa shape index (κ3) is 6.76. The Balaban J connectivity index is 1.43. The topological polar surface area (TPSA) is 103 Å². The molecule has 0 spiro atoms. The van der Waals surface area contributed by atoms with E-state index in [1.807, 2.05) is 28.8 Å². The van der Waals surface area contributed by atoms with Crippen LogP contribution in [0.15, 0.2) is 29.1 Å². The summed E-state index contributed by atoms with van der Waals surface area (Å²) in [5.74, 6) is -1.15. The fraction of sp³-hybridized carbons (Fsp3) is 0.688. The lowest BCUT2D eigenvalue weighted by molar-refractivity contribution is -0.158. The molecule has 3 aliphatic rings. The van der Waals surface area contributed by atoms with E-state index >= 15 is 0 Å². The Bertz CT molecular complexity index is 1280. The molecule has 0 amide bonds. The lowest BCUT2D eigenvalue weighted by Crippen LogP contribution is -2.50. The summed E-state index contributed by atoms with van der Waals surface area (Å²) >= 11 is 0. The van der Waals surface area contributed by atoms with Gasteiger partial charge in [-0.15, -0.1) is 0 Å². The first-order valence-electron chi connectivity index (χ1n) is 15.5. The normalized spacial score (nSPS) is 24.8. The summed E-state index contributed by atoms with van der Waals surface area (Å²) in [5, 5.41) is 2.97. The number of carbonyl (C=O) groups is 2. The highest BCUT2D eigenvalue weighted by Crippen LogP contribution is 2.44. The van der Waals surface area contributed by atoms with Crippen LogP contribution >= 0.6 is 0 Å². The SMILES string of the molecule is COC(=O)C(CC(=O)OC(C)(C)C)Nc1nc2ccccc2n(C2CC3CC[C@H](C2)N3C2CCCCCCC2)c1=O. The molecule has 9 nitrogen and oxygen atoms in total. The van der Waals surface area contributed by atoms with Gasteiger partial charge in [-0.05, 0) is 71.4 Å². The number of carbonyl (C=O) groups excluding carboxylic acids is 2. The molecule has 0 radical (unpaired) electrons. The molecule has 1 aliphatic carbocycles. The van der Waals surface area contributed by atoms with Crippen molar-refractivity contribution in [3.8, 4) is 0 Å². The summed E-state index contributed by atoms with van der Waals surface area (Å²) < 4.78 is 12.3. The summed E-state index contributed by atoms with van der Waals surface area (Å²) in [6.07, 6.45) is 13.2. The molecule has 1 aromatic carbocycles. The molecule has 9 heteroatoms. The summed E-state index contributed by atoms with van der Waals surface area (Å²) in [4.78, 5) is 46.8. The highest BCUT2D eigenvalue weighted by Gasteiger charge is 2.44. The van der Waals surface area contributed by atoms with Crippen molar-refractivity contribution in [2.24, 2.45) is 0 Å². The number of methoxy groups -OCH3 is 1. The number of para-hydroxylation sites is 2. The first-order valence-corrected chi connectivity index (χ1v) is 15.5. The van der Waals surface area contributed by atoms with E-state index in [-0.39, 0.29) is 23.8 Å². The van der Waals surface area contributed by atoms with Crippen molar-refractivity contribution in [1.29, 1.82) is 0 Å². The van der Waals surface area contributed by atoms with Gasteiger partial charge in [-0.1, -0.05) is 44.2 Å². The van der Waals surface area contributed by atoms with E-state index in [9.17, 15) is 14.4 Å². The van der Waals surface area contributed by atoms with Gasteiger partial charge < -0.3 is 19.4 Å². The van der Waals surface area contributed by atoms with Gasteiger partial charge in [-0.3, -0.25) is 14.5 Å². The van der Waals surface area contributed by atoms with Crippen molar-refractivity contribution in [1.82, 2.24) is 14.5 Å². The van der Waals surface area contributed by atoms with Crippen molar-refractivity contribution >= 4 is 28.8 Å². The molecule has 2 bridgehead atoms. The maximum Gasteiger partial charge on any atom is 0.328 e. The average molecular weight is 567 g/mol. The van der Waals surface area contributed by atoms with Gasteiger partial charge in [0.25, 0.3) is 5.56 Å². The van der Waals surface area contributed by atoms with Crippen LogP contribution in [-0.4, -0.2) is 63.3 Å². The van der Waals surface area contributed by atoms with Crippen LogP contribution in [0.5, 0.6) is 0 Å². The van der Waals surface area contributed by atoms with Crippen molar-refractivity contribution in [2.45, 2.75) is 134 Å². The number of hydrogen-bond acceptors (Lipinski definition) is 8. The molecule has 2 aromatic rings. The van der Waals surface area contributed by atoms with Crippen LogP contribution in [0.2, 0.25) is 0 Å². The van der Waals surface area contributed by atoms with E-state index in [1.165, 1.54) is 64.9 Å². The number of esters is 2. The number of aromatic nitrogens is 2. The summed E-state index contributed by atoms with van der Waals surface area (Å²) in [5.41, 5.74) is 0.500. The highest BCUT2D eigenvalue weighted by molar-refractivity contribution is 5.85. The molecular formula is C32H46N4O5. The second-order valence-electron chi connectivity index (χ2n) is 13.1. The van der Waals surface area contributed by atoms with Gasteiger partial charge in [0.05, 0.1) is 24.6 Å². The number of benzene rings is 1. The highest BCUT2D eigenvalue weighted by atomic mass is 16.6. The third-order valence-electron chi connectivity index (χ3n) is 9.01. The summed E-state index contributed by atoms with van der Waals surface area (Å²) in [6.45, 7) is 5.31. The largest absolute Gasteiger partial charge is 0.467 e. The van der Waals surface area contributed by atoms with Crippen LogP contribution in [0, 0.1) is 0 Å². The molecule has 3 unspecified atom stereocenters. The molecule has 5 rings (SSSR count). The Labute approximate surface area is 243 Å². The minimum absolute atomic E-state index is 0.0423. The van der Waals surface area contributed by atoms with Crippen molar-refractivity contribution in [2.75, 3.05) is 12.4 Å². The Kier molecular flexibility index (Phi) is 9.02. The van der Waals surface area contributed by atoms with Gasteiger partial charge in [0.2, 0.25) is 0 Å². The van der Waals surface area contributed by atoms with Crippen LogP contribution in [0.25, 0.3) is 11.0 Å². The zero-order valence-electron chi connectivity index (χ0n) is 25.1. The number of anilines is 1. The van der Waals surface area contributed by atoms with E-state index in [1.54, 1.807) is 20.8 Å². The van der Waals surface area contributed by atoms with Gasteiger partial charge in [-0.25, -0.2) is 9.78 Å². The number of hydrogen-bond donors (Lipinski definition) is 1. The second kappa shape index (κ2) is 12.5. The molecule has 41 heavy (non-hydrogen) atoms. The van der Waals surface area contributed by atoms with E-state index in [2.05, 4.69) is 15.2 Å². The van der Waals surface area contributed by atoms with Crippen LogP contribution in [0.1, 0.15) is 104 Å². The smallest absolute Gasteiger partial charge is 0.328 e. The number of nitrogens with one attached hydrogen (secondary N) is 1. The maximum absolute atomic E-state index is 14.1. The third-order valence-corrected chi connectivity index (χ3v) is 9.01. The van der Waals surface area contributed by atoms with Gasteiger partial charge in [0.15, 0.2) is 5.82 Å². The zero-order valence-corrected chi connectivity index (χ0v) is 25.1. The van der Waals surface area contributed by atoms with Crippen molar-refractivity contribution in [3.63, 3.8) is 0 Å². The Morgan fingerprint density at radius 3 is 2.22 bits per heavy atom. The van der Waals surface area contributed by atoms with Crippen LogP contribution < -0.4 is 10.9 Å². The van der Waals surface area contributed by atoms with Gasteiger partial charge in [0, 0.05) is 24.2 Å². The fourth-order valence-corrected chi connectivity index (χ4v) is 7.39. The standard InChI is InChI=1S/C32H46N4O5/c1-32(2,3)41-28(37)20-26(31(39)40-4)34-29-30(38)36(27-15-11-10-14-25(27)33-29)24-18-22-16-17-23(19-24)35(22)21-12-8-6-5-7-9-13-21/h10-11,14-15,21-24,26H,5-9,12-13,16-20H2,1-4H3,(H,33,34)/t22-,23?,24?,26?/m1/s1. The van der Waals surface area contributed by atoms with Crippen LogP contribution in [-0.2, 0) is 19.1 Å². The number of ether oxygens (including phenoxy) is 2. The Hall–Kier alpha value is -2.94. The predicted molar refractivity (Wildman–Crippen MR) is 159 cm³/mol. The molecule has 2 aliphatic heterocycles. The molecule has 3 fully saturated rings. The van der Waals surface area contributed by atoms with Crippen molar-refractivity contribution < 1.29 is 19.1 Å². The minimum atomic E-state index is -1.10. The molecule has 1 N–H and O–H groups in total. The van der Waals surface area contributed by atoms with Crippen LogP contribution in [0.3, 0.4) is 0 Å². The molecule has 224 valence electrons. The van der Waals surface area contributed by atoms with Gasteiger partial charge in [0.1, 0.15) is 11.6 Å². The quantitative estimate of drug-likeness (QED) is 0.447. The molecule has 2 saturated heterocycles.